The summed E-state index contributed by atoms with van der Waals surface area (Å²) in [4.78, 5) is 0. The van der Waals surface area contributed by atoms with E-state index in [0.29, 0.717) is 12.3 Å². The predicted molar refractivity (Wildman–Crippen MR) is 51.0 cm³/mol. The maximum atomic E-state index is 9.30. The minimum absolute atomic E-state index is 0.351. The predicted octanol–water partition coefficient (Wildman–Crippen LogP) is 1.80. The molecule has 2 heteroatoms. The van der Waals surface area contributed by atoms with Crippen LogP contribution in [0.15, 0.2) is 36.1 Å². The largest absolute Gasteiger partial charge is 0.511 e. The van der Waals surface area contributed by atoms with Crippen molar-refractivity contribution in [3.8, 4) is 0 Å². The number of benzene rings is 1. The van der Waals surface area contributed by atoms with Crippen molar-refractivity contribution < 1.29 is 5.11 Å². The van der Waals surface area contributed by atoms with Crippen molar-refractivity contribution in [2.24, 2.45) is 0 Å². The van der Waals surface area contributed by atoms with Crippen molar-refractivity contribution in [3.05, 3.63) is 41.7 Å². The molecule has 0 aliphatic carbocycles. The molecule has 1 rings (SSSR count). The molecule has 0 saturated heterocycles. The van der Waals surface area contributed by atoms with Crippen LogP contribution in [0.2, 0.25) is 0 Å². The Hall–Kier alpha value is -1.28. The minimum atomic E-state index is 0.351. The number of aliphatic hydroxyl groups excluding tert-OH is 1. The minimum Gasteiger partial charge on any atom is -0.511 e. The number of rotatable bonds is 3. The number of nitrogens with one attached hydrogen (secondary N) is 1. The molecule has 0 heterocycles. The zero-order chi connectivity index (χ0) is 8.81. The van der Waals surface area contributed by atoms with Crippen molar-refractivity contribution >= 4 is 6.08 Å². The van der Waals surface area contributed by atoms with Gasteiger partial charge in [-0.1, -0.05) is 30.3 Å². The van der Waals surface area contributed by atoms with Gasteiger partial charge >= 0.3 is 0 Å². The van der Waals surface area contributed by atoms with Crippen LogP contribution in [0, 0.1) is 0 Å². The first-order valence-electron chi connectivity index (χ1n) is 3.92. The molecule has 0 aromatic heterocycles. The van der Waals surface area contributed by atoms with Gasteiger partial charge in [-0.25, -0.2) is 0 Å². The van der Waals surface area contributed by atoms with Crippen molar-refractivity contribution in [3.63, 3.8) is 0 Å². The molecule has 0 amide bonds. The molecule has 2 nitrogen and oxygen atoms in total. The molecule has 1 aromatic rings. The number of aliphatic hydroxyl groups is 1. The third kappa shape index (κ3) is 2.76. The molecule has 0 radical (unpaired) electrons. The van der Waals surface area contributed by atoms with Crippen molar-refractivity contribution in [1.82, 2.24) is 5.32 Å². The lowest BCUT2D eigenvalue weighted by Gasteiger charge is -1.97. The highest BCUT2D eigenvalue weighted by Crippen LogP contribution is 2.03. The van der Waals surface area contributed by atoms with E-state index in [-0.39, 0.29) is 0 Å². The highest BCUT2D eigenvalue weighted by molar-refractivity contribution is 5.50. The summed E-state index contributed by atoms with van der Waals surface area (Å²) in [6.07, 6.45) is 1.75. The summed E-state index contributed by atoms with van der Waals surface area (Å²) in [5, 5.41) is 12.2. The topological polar surface area (TPSA) is 32.3 Å². The summed E-state index contributed by atoms with van der Waals surface area (Å²) < 4.78 is 0. The molecular formula is C10H13NO. The molecule has 0 bridgehead atoms. The van der Waals surface area contributed by atoms with E-state index in [1.165, 1.54) is 0 Å². The molecule has 0 fully saturated rings. The average molecular weight is 163 g/mol. The molecular weight excluding hydrogens is 150 g/mol. The lowest BCUT2D eigenvalue weighted by Crippen LogP contribution is -2.09. The number of hydrogen-bond acceptors (Lipinski definition) is 2. The highest BCUT2D eigenvalue weighted by atomic mass is 16.3. The Morgan fingerprint density at radius 1 is 1.42 bits per heavy atom. The van der Waals surface area contributed by atoms with E-state index >= 15 is 0 Å². The van der Waals surface area contributed by atoms with Gasteiger partial charge in [0.25, 0.3) is 0 Å². The highest BCUT2D eigenvalue weighted by Gasteiger charge is 1.90. The van der Waals surface area contributed by atoms with E-state index in [1.54, 1.807) is 13.1 Å². The average Bonchev–Trinajstić information content (AvgIpc) is 2.06. The Morgan fingerprint density at radius 3 is 2.67 bits per heavy atom. The molecule has 0 spiro atoms. The smallest absolute Gasteiger partial charge is 0.107 e. The summed E-state index contributed by atoms with van der Waals surface area (Å²) in [7, 11) is 1.80. The molecule has 12 heavy (non-hydrogen) atoms. The lowest BCUT2D eigenvalue weighted by atomic mass is 10.2. The van der Waals surface area contributed by atoms with Crippen LogP contribution in [-0.2, 0) is 0 Å². The van der Waals surface area contributed by atoms with Crippen molar-refractivity contribution in [2.75, 3.05) is 13.6 Å². The van der Waals surface area contributed by atoms with Crippen LogP contribution >= 0.6 is 0 Å². The van der Waals surface area contributed by atoms with Gasteiger partial charge in [0.2, 0.25) is 0 Å². The van der Waals surface area contributed by atoms with Crippen molar-refractivity contribution in [2.45, 2.75) is 0 Å². The quantitative estimate of drug-likeness (QED) is 0.666. The number of hydrogen-bond donors (Lipinski definition) is 2. The SMILES string of the molecule is CNCC(O)=Cc1ccccc1. The van der Waals surface area contributed by atoms with E-state index in [4.69, 9.17) is 0 Å². The first-order chi connectivity index (χ1) is 5.83. The third-order valence-corrected chi connectivity index (χ3v) is 1.49. The summed E-state index contributed by atoms with van der Waals surface area (Å²) in [6.45, 7) is 0.509. The van der Waals surface area contributed by atoms with Gasteiger partial charge in [0.15, 0.2) is 0 Å². The molecule has 0 saturated carbocycles. The maximum Gasteiger partial charge on any atom is 0.107 e. The molecule has 0 unspecified atom stereocenters. The van der Waals surface area contributed by atoms with E-state index in [9.17, 15) is 5.11 Å². The normalized spacial score (nSPS) is 11.6. The van der Waals surface area contributed by atoms with Gasteiger partial charge in [0.05, 0.1) is 6.54 Å². The Morgan fingerprint density at radius 2 is 2.08 bits per heavy atom. The van der Waals surface area contributed by atoms with Crippen LogP contribution in [0.5, 0.6) is 0 Å². The van der Waals surface area contributed by atoms with Gasteiger partial charge in [-0.2, -0.15) is 0 Å². The zero-order valence-electron chi connectivity index (χ0n) is 7.12. The van der Waals surface area contributed by atoms with Crippen molar-refractivity contribution in [1.29, 1.82) is 0 Å². The first kappa shape index (κ1) is 8.81. The maximum absolute atomic E-state index is 9.30. The molecule has 0 aliphatic heterocycles. The summed E-state index contributed by atoms with van der Waals surface area (Å²) in [5.41, 5.74) is 1.02. The second kappa shape index (κ2) is 4.57. The Balaban J connectivity index is 2.67. The van der Waals surface area contributed by atoms with Crippen LogP contribution in [0.25, 0.3) is 6.08 Å². The van der Waals surface area contributed by atoms with E-state index in [0.717, 1.165) is 5.56 Å². The van der Waals surface area contributed by atoms with Crippen LogP contribution in [0.4, 0.5) is 0 Å². The van der Waals surface area contributed by atoms with E-state index in [1.807, 2.05) is 30.3 Å². The van der Waals surface area contributed by atoms with Gasteiger partial charge in [-0.3, -0.25) is 0 Å². The third-order valence-electron chi connectivity index (χ3n) is 1.49. The summed E-state index contributed by atoms with van der Waals surface area (Å²) >= 11 is 0. The molecule has 0 aliphatic rings. The lowest BCUT2D eigenvalue weighted by molar-refractivity contribution is 0.399. The Bertz CT molecular complexity index is 254. The fraction of sp³-hybridized carbons (Fsp3) is 0.200. The second-order valence-electron chi connectivity index (χ2n) is 2.58. The zero-order valence-corrected chi connectivity index (χ0v) is 7.12. The Kier molecular flexibility index (Phi) is 3.35. The van der Waals surface area contributed by atoms with Gasteiger partial charge < -0.3 is 10.4 Å². The van der Waals surface area contributed by atoms with E-state index < -0.39 is 0 Å². The second-order valence-corrected chi connectivity index (χ2v) is 2.58. The van der Waals surface area contributed by atoms with Gasteiger partial charge in [0.1, 0.15) is 5.76 Å². The summed E-state index contributed by atoms with van der Waals surface area (Å²) in [5.74, 6) is 0.351. The monoisotopic (exact) mass is 163 g/mol. The van der Waals surface area contributed by atoms with Crippen LogP contribution in [0.3, 0.4) is 0 Å². The fourth-order valence-corrected chi connectivity index (χ4v) is 0.974. The van der Waals surface area contributed by atoms with Crippen LogP contribution in [-0.4, -0.2) is 18.7 Å². The van der Waals surface area contributed by atoms with Gasteiger partial charge in [0, 0.05) is 0 Å². The Labute approximate surface area is 72.5 Å². The van der Waals surface area contributed by atoms with Gasteiger partial charge in [-0.15, -0.1) is 0 Å². The first-order valence-corrected chi connectivity index (χ1v) is 3.92. The fourth-order valence-electron chi connectivity index (χ4n) is 0.974. The summed E-state index contributed by atoms with van der Waals surface area (Å²) in [6, 6.07) is 9.74. The van der Waals surface area contributed by atoms with Crippen LogP contribution < -0.4 is 5.32 Å². The molecule has 64 valence electrons. The number of likely N-dealkylation sites (N-methyl/N-ethyl adjacent to an activating group) is 1. The van der Waals surface area contributed by atoms with E-state index in [2.05, 4.69) is 5.32 Å². The van der Waals surface area contributed by atoms with Crippen LogP contribution in [0.1, 0.15) is 5.56 Å². The molecule has 0 atom stereocenters. The molecule has 2 N–H and O–H groups in total. The molecule has 1 aromatic carbocycles. The van der Waals surface area contributed by atoms with Gasteiger partial charge in [-0.05, 0) is 18.7 Å². The standard InChI is InChI=1S/C10H13NO/c1-11-8-10(12)7-9-5-3-2-4-6-9/h2-7,11-12H,8H2,1H3.